The molecule has 2 aromatic carbocycles. The normalized spacial score (nSPS) is 13.6. The van der Waals surface area contributed by atoms with Gasteiger partial charge in [-0.05, 0) is 41.4 Å². The number of amides is 1. The molecule has 0 fully saturated rings. The van der Waals surface area contributed by atoms with Crippen molar-refractivity contribution in [1.29, 1.82) is 0 Å². The molecule has 3 N–H and O–H groups in total. The highest BCUT2D eigenvalue weighted by Gasteiger charge is 2.29. The Balaban J connectivity index is 1.73. The summed E-state index contributed by atoms with van der Waals surface area (Å²) < 4.78 is 42.0. The van der Waals surface area contributed by atoms with E-state index in [1.165, 1.54) is 24.3 Å². The van der Waals surface area contributed by atoms with Gasteiger partial charge >= 0.3 is 11.6 Å². The minimum Gasteiger partial charge on any atom is -0.445 e. The molecule has 0 spiro atoms. The number of benzene rings is 2. The third-order valence-corrected chi connectivity index (χ3v) is 4.48. The zero-order chi connectivity index (χ0) is 20.6. The molecule has 5 nitrogen and oxygen atoms in total. The number of ether oxygens (including phenoxy) is 1. The van der Waals surface area contributed by atoms with Crippen molar-refractivity contribution in [1.82, 2.24) is 5.32 Å². The van der Waals surface area contributed by atoms with Gasteiger partial charge in [-0.25, -0.2) is 4.79 Å². The van der Waals surface area contributed by atoms with Crippen LogP contribution in [-0.2, 0) is 11.3 Å². The van der Waals surface area contributed by atoms with Gasteiger partial charge in [0, 0.05) is 11.4 Å². The van der Waals surface area contributed by atoms with Crippen LogP contribution in [0.5, 0.6) is 0 Å². The van der Waals surface area contributed by atoms with Crippen molar-refractivity contribution in [2.24, 2.45) is 0 Å². The van der Waals surface area contributed by atoms with Crippen LogP contribution in [-0.4, -0.2) is 34.5 Å². The predicted octanol–water partition coefficient (Wildman–Crippen LogP) is 4.01. The van der Waals surface area contributed by atoms with Crippen LogP contribution in [0, 0.1) is 0 Å². The fourth-order valence-corrected chi connectivity index (χ4v) is 2.88. The summed E-state index contributed by atoms with van der Waals surface area (Å²) in [4.78, 5) is 11.6. The number of aliphatic hydroxyl groups excluding tert-OH is 2. The number of thioether (sulfide) groups is 1. The van der Waals surface area contributed by atoms with E-state index in [9.17, 15) is 28.2 Å². The molecule has 0 aliphatic carbocycles. The Kier molecular flexibility index (Phi) is 8.16. The second kappa shape index (κ2) is 10.4. The molecule has 2 unspecified atom stereocenters. The van der Waals surface area contributed by atoms with Crippen LogP contribution >= 0.6 is 11.8 Å². The van der Waals surface area contributed by atoms with Crippen molar-refractivity contribution in [2.75, 3.05) is 6.54 Å². The summed E-state index contributed by atoms with van der Waals surface area (Å²) in [6.07, 6.45) is -3.10. The number of alkyl halides is 3. The van der Waals surface area contributed by atoms with Gasteiger partial charge in [0.05, 0.1) is 6.10 Å². The summed E-state index contributed by atoms with van der Waals surface area (Å²) in [5.41, 5.74) is -3.27. The monoisotopic (exact) mass is 415 g/mol. The van der Waals surface area contributed by atoms with E-state index in [4.69, 9.17) is 4.74 Å². The molecule has 0 heterocycles. The van der Waals surface area contributed by atoms with E-state index in [-0.39, 0.29) is 41.8 Å². The van der Waals surface area contributed by atoms with E-state index in [0.29, 0.717) is 0 Å². The summed E-state index contributed by atoms with van der Waals surface area (Å²) in [5, 5.41) is 22.6. The second-order valence-electron chi connectivity index (χ2n) is 5.91. The number of aliphatic hydroxyl groups is 2. The summed E-state index contributed by atoms with van der Waals surface area (Å²) in [6, 6.07) is 14.2. The van der Waals surface area contributed by atoms with Crippen molar-refractivity contribution in [3.8, 4) is 0 Å². The van der Waals surface area contributed by atoms with Crippen molar-refractivity contribution in [3.05, 3.63) is 65.7 Å². The average molecular weight is 415 g/mol. The van der Waals surface area contributed by atoms with Crippen LogP contribution in [0.25, 0.3) is 0 Å². The number of carbonyl (C=O) groups excluding carboxylic acids is 1. The Hall–Kier alpha value is -2.23. The highest BCUT2D eigenvalue weighted by atomic mass is 32.2. The quantitative estimate of drug-likeness (QED) is 0.568. The number of hydrogen-bond acceptors (Lipinski definition) is 5. The lowest BCUT2D eigenvalue weighted by molar-refractivity contribution is -0.0328. The van der Waals surface area contributed by atoms with Gasteiger partial charge in [0.1, 0.15) is 12.7 Å². The molecule has 28 heavy (non-hydrogen) atoms. The molecule has 0 aliphatic rings. The lowest BCUT2D eigenvalue weighted by Gasteiger charge is -2.18. The summed E-state index contributed by atoms with van der Waals surface area (Å²) in [7, 11) is 0. The smallest absolute Gasteiger partial charge is 0.445 e. The standard InChI is InChI=1S/C19H20F3NO4S/c20-19(21,22)28-15-8-6-14(7-9-15)17(25)16(24)10-11-23-18(26)27-12-13-4-2-1-3-5-13/h1-9,16-17,24-25H,10-12H2,(H,23,26). The van der Waals surface area contributed by atoms with Gasteiger partial charge in [-0.2, -0.15) is 13.2 Å². The molecule has 0 saturated heterocycles. The molecule has 2 aromatic rings. The van der Waals surface area contributed by atoms with Gasteiger partial charge < -0.3 is 20.3 Å². The van der Waals surface area contributed by atoms with Crippen molar-refractivity contribution < 1.29 is 32.9 Å². The SMILES string of the molecule is O=C(NCCC(O)C(O)c1ccc(SC(F)(F)F)cc1)OCc1ccccc1. The molecular weight excluding hydrogens is 395 g/mol. The van der Waals surface area contributed by atoms with Crippen molar-refractivity contribution >= 4 is 17.9 Å². The zero-order valence-electron chi connectivity index (χ0n) is 14.7. The zero-order valence-corrected chi connectivity index (χ0v) is 15.5. The van der Waals surface area contributed by atoms with E-state index < -0.39 is 23.8 Å². The lowest BCUT2D eigenvalue weighted by Crippen LogP contribution is -2.29. The number of hydrogen-bond donors (Lipinski definition) is 3. The first-order valence-electron chi connectivity index (χ1n) is 8.41. The number of nitrogens with one attached hydrogen (secondary N) is 1. The van der Waals surface area contributed by atoms with Crippen LogP contribution in [0.15, 0.2) is 59.5 Å². The van der Waals surface area contributed by atoms with Gasteiger partial charge in [-0.3, -0.25) is 0 Å². The van der Waals surface area contributed by atoms with E-state index in [1.54, 1.807) is 0 Å². The second-order valence-corrected chi connectivity index (χ2v) is 7.04. The third-order valence-electron chi connectivity index (χ3n) is 3.74. The van der Waals surface area contributed by atoms with Crippen LogP contribution < -0.4 is 5.32 Å². The first kappa shape index (κ1) is 22.1. The maximum atomic E-state index is 12.3. The largest absolute Gasteiger partial charge is 0.446 e. The Morgan fingerprint density at radius 3 is 2.32 bits per heavy atom. The number of alkyl carbamates (subject to hydrolysis) is 1. The number of carbonyl (C=O) groups is 1. The van der Waals surface area contributed by atoms with Crippen LogP contribution in [0.1, 0.15) is 23.7 Å². The minimum absolute atomic E-state index is 0.0132. The molecule has 152 valence electrons. The van der Waals surface area contributed by atoms with Crippen molar-refractivity contribution in [3.63, 3.8) is 0 Å². The molecule has 0 aliphatic heterocycles. The highest BCUT2D eigenvalue weighted by Crippen LogP contribution is 2.37. The highest BCUT2D eigenvalue weighted by molar-refractivity contribution is 8.00. The molecular formula is C19H20F3NO4S. The maximum absolute atomic E-state index is 12.3. The van der Waals surface area contributed by atoms with Gasteiger partial charge in [0.2, 0.25) is 0 Å². The Morgan fingerprint density at radius 2 is 1.71 bits per heavy atom. The molecule has 0 radical (unpaired) electrons. The van der Waals surface area contributed by atoms with E-state index >= 15 is 0 Å². The molecule has 0 saturated carbocycles. The van der Waals surface area contributed by atoms with Gasteiger partial charge in [0.15, 0.2) is 0 Å². The Labute approximate surface area is 164 Å². The molecule has 1 amide bonds. The maximum Gasteiger partial charge on any atom is 0.446 e. The molecule has 9 heteroatoms. The summed E-state index contributed by atoms with van der Waals surface area (Å²) in [5.74, 6) is 0. The topological polar surface area (TPSA) is 78.8 Å². The fourth-order valence-electron chi connectivity index (χ4n) is 2.34. The summed E-state index contributed by atoms with van der Waals surface area (Å²) >= 11 is -0.256. The van der Waals surface area contributed by atoms with Crippen LogP contribution in [0.4, 0.5) is 18.0 Å². The lowest BCUT2D eigenvalue weighted by atomic mass is 10.0. The number of halogens is 3. The Bertz CT molecular complexity index is 741. The predicted molar refractivity (Wildman–Crippen MR) is 98.6 cm³/mol. The van der Waals surface area contributed by atoms with Gasteiger partial charge in [0.25, 0.3) is 0 Å². The molecule has 2 rings (SSSR count). The molecule has 2 atom stereocenters. The first-order valence-corrected chi connectivity index (χ1v) is 9.22. The summed E-state index contributed by atoms with van der Waals surface area (Å²) in [6.45, 7) is 0.175. The molecule has 0 aromatic heterocycles. The van der Waals surface area contributed by atoms with Crippen LogP contribution in [0.3, 0.4) is 0 Å². The Morgan fingerprint density at radius 1 is 1.07 bits per heavy atom. The average Bonchev–Trinajstić information content (AvgIpc) is 2.66. The van der Waals surface area contributed by atoms with Gasteiger partial charge in [-0.1, -0.05) is 42.5 Å². The first-order chi connectivity index (χ1) is 13.2. The van der Waals surface area contributed by atoms with Gasteiger partial charge in [-0.15, -0.1) is 0 Å². The fraction of sp³-hybridized carbons (Fsp3) is 0.316. The van der Waals surface area contributed by atoms with E-state index in [0.717, 1.165) is 5.56 Å². The third kappa shape index (κ3) is 7.79. The van der Waals surface area contributed by atoms with E-state index in [2.05, 4.69) is 5.32 Å². The molecule has 0 bridgehead atoms. The minimum atomic E-state index is -4.39. The van der Waals surface area contributed by atoms with E-state index in [1.807, 2.05) is 30.3 Å². The van der Waals surface area contributed by atoms with Crippen molar-refractivity contribution in [2.45, 2.75) is 35.6 Å². The number of rotatable bonds is 8. The van der Waals surface area contributed by atoms with Crippen LogP contribution in [0.2, 0.25) is 0 Å².